The van der Waals surface area contributed by atoms with E-state index in [-0.39, 0.29) is 47.7 Å². The normalized spacial score (nSPS) is 17.2. The van der Waals surface area contributed by atoms with Gasteiger partial charge in [-0.3, -0.25) is 19.2 Å². The third-order valence-electron chi connectivity index (χ3n) is 5.01. The van der Waals surface area contributed by atoms with Crippen molar-refractivity contribution >= 4 is 39.3 Å². The molecule has 1 aliphatic heterocycles. The van der Waals surface area contributed by atoms with E-state index < -0.39 is 27.7 Å². The molecule has 164 valence electrons. The summed E-state index contributed by atoms with van der Waals surface area (Å²) in [6.07, 6.45) is 1.78. The van der Waals surface area contributed by atoms with Crippen LogP contribution in [-0.4, -0.2) is 86.8 Å². The molecule has 0 atom stereocenters. The van der Waals surface area contributed by atoms with E-state index >= 15 is 0 Å². The van der Waals surface area contributed by atoms with Gasteiger partial charge in [0.25, 0.3) is 15.9 Å². The summed E-state index contributed by atoms with van der Waals surface area (Å²) in [6.45, 7) is 0.884. The maximum Gasteiger partial charge on any atom is 0.312 e. The Balaban J connectivity index is 1.67. The summed E-state index contributed by atoms with van der Waals surface area (Å²) >= 11 is 6.03. The fourth-order valence-electron chi connectivity index (χ4n) is 2.98. The lowest BCUT2D eigenvalue weighted by atomic mass is 10.2. The van der Waals surface area contributed by atoms with Gasteiger partial charge in [0.05, 0.1) is 12.1 Å². The molecule has 1 aliphatic carbocycles. The molecule has 0 radical (unpaired) electrons. The van der Waals surface area contributed by atoms with Gasteiger partial charge in [0.15, 0.2) is 0 Å². The number of benzene rings is 1. The lowest BCUT2D eigenvalue weighted by Gasteiger charge is -2.34. The highest BCUT2D eigenvalue weighted by molar-refractivity contribution is 7.89. The van der Waals surface area contributed by atoms with Crippen LogP contribution in [0.15, 0.2) is 23.1 Å². The second kappa shape index (κ2) is 8.88. The predicted molar refractivity (Wildman–Crippen MR) is 107 cm³/mol. The van der Waals surface area contributed by atoms with E-state index in [9.17, 15) is 22.8 Å². The number of nitrogens with one attached hydrogen (secondary N) is 1. The zero-order chi connectivity index (χ0) is 22.1. The minimum absolute atomic E-state index is 0.0347. The molecule has 3 amide bonds. The molecule has 2 fully saturated rings. The van der Waals surface area contributed by atoms with E-state index in [0.29, 0.717) is 4.47 Å². The summed E-state index contributed by atoms with van der Waals surface area (Å²) in [6, 6.07) is 4.08. The fourth-order valence-corrected chi connectivity index (χ4v) is 4.46. The molecule has 1 aromatic carbocycles. The van der Waals surface area contributed by atoms with Gasteiger partial charge in [0.1, 0.15) is 4.90 Å². The first-order valence-corrected chi connectivity index (χ1v) is 11.2. The molecule has 30 heavy (non-hydrogen) atoms. The van der Waals surface area contributed by atoms with Crippen molar-refractivity contribution in [3.63, 3.8) is 0 Å². The predicted octanol–water partition coefficient (Wildman–Crippen LogP) is 0.0849. The Morgan fingerprint density at radius 2 is 1.73 bits per heavy atom. The largest absolute Gasteiger partial charge is 0.345 e. The average Bonchev–Trinajstić information content (AvgIpc) is 3.56. The van der Waals surface area contributed by atoms with Crippen LogP contribution in [-0.2, 0) is 24.4 Å². The summed E-state index contributed by atoms with van der Waals surface area (Å²) in [5.41, 5.74) is 0.147. The first-order valence-electron chi connectivity index (χ1n) is 9.36. The summed E-state index contributed by atoms with van der Waals surface area (Å²) in [4.78, 5) is 44.4. The van der Waals surface area contributed by atoms with E-state index in [1.807, 2.05) is 0 Å². The average molecular weight is 459 g/mol. The molecule has 1 N–H and O–H groups in total. The van der Waals surface area contributed by atoms with Crippen molar-refractivity contribution in [1.29, 1.82) is 0 Å². The summed E-state index contributed by atoms with van der Waals surface area (Å²) in [5, 5.41) is 2.62. The monoisotopic (exact) mass is 458 g/mol. The van der Waals surface area contributed by atoms with Crippen molar-refractivity contribution in [2.24, 2.45) is 0 Å². The molecule has 0 aromatic heterocycles. The molecular formula is C18H23ClN4O6S. The number of piperazine rings is 1. The molecule has 2 aliphatic rings. The number of carbonyl (C=O) groups excluding carboxylic acids is 3. The highest BCUT2D eigenvalue weighted by Crippen LogP contribution is 2.26. The molecule has 0 unspecified atom stereocenters. The lowest BCUT2D eigenvalue weighted by molar-refractivity contribution is -0.146. The Kier molecular flexibility index (Phi) is 6.65. The Morgan fingerprint density at radius 3 is 2.30 bits per heavy atom. The van der Waals surface area contributed by atoms with Crippen molar-refractivity contribution in [3.8, 4) is 0 Å². The van der Waals surface area contributed by atoms with Gasteiger partial charge in [-0.05, 0) is 31.0 Å². The summed E-state index contributed by atoms with van der Waals surface area (Å²) in [5.74, 6) is -1.61. The van der Waals surface area contributed by atoms with Gasteiger partial charge >= 0.3 is 11.8 Å². The van der Waals surface area contributed by atoms with Crippen LogP contribution in [0, 0.1) is 0 Å². The maximum atomic E-state index is 12.9. The molecule has 1 heterocycles. The third kappa shape index (κ3) is 4.75. The number of hydroxylamine groups is 1. The lowest BCUT2D eigenvalue weighted by Crippen LogP contribution is -2.54. The van der Waals surface area contributed by atoms with Crippen molar-refractivity contribution in [1.82, 2.24) is 19.6 Å². The number of halogens is 1. The van der Waals surface area contributed by atoms with Crippen LogP contribution in [0.5, 0.6) is 0 Å². The maximum absolute atomic E-state index is 12.9. The van der Waals surface area contributed by atoms with Crippen LogP contribution in [0.4, 0.5) is 0 Å². The van der Waals surface area contributed by atoms with E-state index in [4.69, 9.17) is 16.4 Å². The minimum atomic E-state index is -4.03. The minimum Gasteiger partial charge on any atom is -0.345 e. The third-order valence-corrected chi connectivity index (χ3v) is 7.17. The Labute approximate surface area is 179 Å². The summed E-state index contributed by atoms with van der Waals surface area (Å²) < 4.78 is 25.7. The van der Waals surface area contributed by atoms with Crippen LogP contribution < -0.4 is 5.32 Å². The Morgan fingerprint density at radius 1 is 1.13 bits per heavy atom. The number of hydrogen-bond acceptors (Lipinski definition) is 6. The van der Waals surface area contributed by atoms with Crippen LogP contribution in [0.3, 0.4) is 0 Å². The molecule has 1 saturated carbocycles. The molecule has 12 heteroatoms. The van der Waals surface area contributed by atoms with Crippen molar-refractivity contribution in [2.45, 2.75) is 23.8 Å². The van der Waals surface area contributed by atoms with Crippen LogP contribution in [0.25, 0.3) is 0 Å². The van der Waals surface area contributed by atoms with Crippen LogP contribution >= 0.6 is 11.6 Å². The van der Waals surface area contributed by atoms with E-state index in [1.165, 1.54) is 42.2 Å². The highest BCUT2D eigenvalue weighted by atomic mass is 35.5. The first-order chi connectivity index (χ1) is 14.1. The van der Waals surface area contributed by atoms with Crippen molar-refractivity contribution in [3.05, 3.63) is 28.8 Å². The van der Waals surface area contributed by atoms with Gasteiger partial charge in [0.2, 0.25) is 0 Å². The van der Waals surface area contributed by atoms with E-state index in [2.05, 4.69) is 5.32 Å². The molecule has 0 bridgehead atoms. The second-order valence-electron chi connectivity index (χ2n) is 7.07. The van der Waals surface area contributed by atoms with Gasteiger partial charge in [-0.25, -0.2) is 8.42 Å². The van der Waals surface area contributed by atoms with Crippen LogP contribution in [0.1, 0.15) is 23.2 Å². The number of rotatable bonds is 5. The Bertz CT molecular complexity index is 957. The summed E-state index contributed by atoms with van der Waals surface area (Å²) in [7, 11) is -1.61. The molecule has 1 saturated heterocycles. The topological polar surface area (TPSA) is 116 Å². The number of hydrogen-bond donors (Lipinski definition) is 1. The number of carbonyl (C=O) groups is 3. The van der Waals surface area contributed by atoms with Crippen LogP contribution in [0.2, 0.25) is 5.02 Å². The van der Waals surface area contributed by atoms with Gasteiger partial charge in [0, 0.05) is 44.8 Å². The zero-order valence-corrected chi connectivity index (χ0v) is 18.2. The number of amides is 3. The number of nitrogens with zero attached hydrogens (tertiary/aromatic N) is 3. The molecule has 0 spiro atoms. The van der Waals surface area contributed by atoms with Crippen molar-refractivity contribution in [2.75, 3.05) is 40.3 Å². The SMILES string of the molecule is CON(C)S(=O)(=O)c1cc(C(=O)N2CCN(C(=O)C(=O)NC3CC3)CC2)ccc1Cl. The standard InChI is InChI=1S/C18H23ClN4O6S/c1-21(29-2)30(27,28)15-11-12(3-6-14(15)19)17(25)22-7-9-23(10-8-22)18(26)16(24)20-13-4-5-13/h3,6,11,13H,4-5,7-10H2,1-2H3,(H,20,24). The van der Waals surface area contributed by atoms with E-state index in [1.54, 1.807) is 0 Å². The zero-order valence-electron chi connectivity index (χ0n) is 16.6. The molecular weight excluding hydrogens is 436 g/mol. The number of sulfonamides is 1. The highest BCUT2D eigenvalue weighted by Gasteiger charge is 2.32. The van der Waals surface area contributed by atoms with Crippen molar-refractivity contribution < 1.29 is 27.6 Å². The second-order valence-corrected chi connectivity index (χ2v) is 9.39. The van der Waals surface area contributed by atoms with E-state index in [0.717, 1.165) is 12.8 Å². The molecule has 3 rings (SSSR count). The smallest absolute Gasteiger partial charge is 0.312 e. The van der Waals surface area contributed by atoms with Gasteiger partial charge in [-0.15, -0.1) is 0 Å². The first kappa shape index (κ1) is 22.5. The molecule has 1 aromatic rings. The van der Waals surface area contributed by atoms with Gasteiger partial charge in [-0.1, -0.05) is 16.1 Å². The Hall–Kier alpha value is -2.21. The van der Waals surface area contributed by atoms with Gasteiger partial charge in [-0.2, -0.15) is 0 Å². The fraction of sp³-hybridized carbons (Fsp3) is 0.500. The quantitative estimate of drug-likeness (QED) is 0.493. The van der Waals surface area contributed by atoms with Gasteiger partial charge < -0.3 is 15.1 Å². The molecule has 10 nitrogen and oxygen atoms in total.